The molecule has 0 spiro atoms. The second kappa shape index (κ2) is 16.8. The van der Waals surface area contributed by atoms with Crippen molar-refractivity contribution in [3.05, 3.63) is 0 Å². The van der Waals surface area contributed by atoms with E-state index in [0.717, 1.165) is 11.8 Å². The van der Waals surface area contributed by atoms with Crippen LogP contribution in [0.25, 0.3) is 0 Å². The van der Waals surface area contributed by atoms with Crippen LogP contribution in [-0.2, 0) is 0 Å². The summed E-state index contributed by atoms with van der Waals surface area (Å²) >= 11 is 3.50. The lowest BCUT2D eigenvalue weighted by atomic mass is 9.92. The largest absolute Gasteiger partial charge is 0.0928 e. The third-order valence-electron chi connectivity index (χ3n) is 4.77. The molecule has 0 aliphatic carbocycles. The first-order valence-corrected chi connectivity index (χ1v) is 10.9. The lowest BCUT2D eigenvalue weighted by Crippen LogP contribution is -1.99. The summed E-state index contributed by atoms with van der Waals surface area (Å²) in [6.45, 7) is 7.21. The van der Waals surface area contributed by atoms with E-state index < -0.39 is 0 Å². The zero-order valence-electron chi connectivity index (χ0n) is 15.1. The average Bonchev–Trinajstić information content (AvgIpc) is 2.48. The number of hydrogen-bond donors (Lipinski definition) is 0. The summed E-state index contributed by atoms with van der Waals surface area (Å²) in [7, 11) is 0. The van der Waals surface area contributed by atoms with Crippen molar-refractivity contribution in [2.45, 2.75) is 111 Å². The summed E-state index contributed by atoms with van der Waals surface area (Å²) in [4.78, 5) is 0. The summed E-state index contributed by atoms with van der Waals surface area (Å²) in [5.41, 5.74) is 0. The van der Waals surface area contributed by atoms with Crippen molar-refractivity contribution in [2.75, 3.05) is 5.33 Å². The Morgan fingerprint density at radius 2 is 1.00 bits per heavy atom. The van der Waals surface area contributed by atoms with Gasteiger partial charge >= 0.3 is 0 Å². The lowest BCUT2D eigenvalue weighted by molar-refractivity contribution is 0.394. The number of halogens is 1. The van der Waals surface area contributed by atoms with Gasteiger partial charge in [-0.2, -0.15) is 0 Å². The van der Waals surface area contributed by atoms with E-state index in [1.165, 1.54) is 95.2 Å². The van der Waals surface area contributed by atoms with Gasteiger partial charge in [0.1, 0.15) is 0 Å². The predicted molar refractivity (Wildman–Crippen MR) is 102 cm³/mol. The Bertz CT molecular complexity index is 190. The highest BCUT2D eigenvalue weighted by atomic mass is 79.9. The van der Waals surface area contributed by atoms with Crippen LogP contribution >= 0.6 is 15.9 Å². The molecule has 0 nitrogen and oxygen atoms in total. The third-order valence-corrected chi connectivity index (χ3v) is 5.34. The van der Waals surface area contributed by atoms with E-state index in [9.17, 15) is 0 Å². The van der Waals surface area contributed by atoms with Gasteiger partial charge in [0.2, 0.25) is 0 Å². The van der Waals surface area contributed by atoms with E-state index in [1.54, 1.807) is 0 Å². The van der Waals surface area contributed by atoms with Crippen LogP contribution in [-0.4, -0.2) is 5.33 Å². The molecule has 21 heavy (non-hydrogen) atoms. The highest BCUT2D eigenvalue weighted by Gasteiger charge is 2.05. The summed E-state index contributed by atoms with van der Waals surface area (Å²) in [5.74, 6) is 1.91. The van der Waals surface area contributed by atoms with Crippen LogP contribution in [0.5, 0.6) is 0 Å². The molecule has 0 rings (SSSR count). The molecule has 0 aromatic heterocycles. The fraction of sp³-hybridized carbons (Fsp3) is 1.00. The maximum atomic E-state index is 3.50. The van der Waals surface area contributed by atoms with Crippen LogP contribution in [0, 0.1) is 11.8 Å². The molecule has 0 aliphatic rings. The van der Waals surface area contributed by atoms with Gasteiger partial charge in [-0.15, -0.1) is 0 Å². The molecule has 1 heteroatoms. The van der Waals surface area contributed by atoms with Gasteiger partial charge in [0.25, 0.3) is 0 Å². The van der Waals surface area contributed by atoms with E-state index in [2.05, 4.69) is 36.7 Å². The van der Waals surface area contributed by atoms with Gasteiger partial charge in [0, 0.05) is 5.33 Å². The minimum absolute atomic E-state index is 0.955. The molecule has 0 bridgehead atoms. The first kappa shape index (κ1) is 21.5. The van der Waals surface area contributed by atoms with Gasteiger partial charge in [-0.1, -0.05) is 120 Å². The van der Waals surface area contributed by atoms with Crippen LogP contribution in [0.3, 0.4) is 0 Å². The van der Waals surface area contributed by atoms with Gasteiger partial charge in [0.15, 0.2) is 0 Å². The Labute approximate surface area is 144 Å². The lowest BCUT2D eigenvalue weighted by Gasteiger charge is -2.14. The van der Waals surface area contributed by atoms with Gasteiger partial charge in [-0.3, -0.25) is 0 Å². The zero-order valence-corrected chi connectivity index (χ0v) is 16.7. The molecule has 0 fully saturated rings. The number of unbranched alkanes of at least 4 members (excludes halogenated alkanes) is 7. The van der Waals surface area contributed by atoms with Crippen molar-refractivity contribution in [3.8, 4) is 0 Å². The quantitative estimate of drug-likeness (QED) is 0.192. The average molecular weight is 361 g/mol. The van der Waals surface area contributed by atoms with E-state index >= 15 is 0 Å². The SMILES string of the molecule is CCCCC(C)CCCC(C)CCCCCCCCCBr. The van der Waals surface area contributed by atoms with Gasteiger partial charge in [0.05, 0.1) is 0 Å². The minimum atomic E-state index is 0.955. The summed E-state index contributed by atoms with van der Waals surface area (Å²) in [6, 6.07) is 0. The second-order valence-corrected chi connectivity index (χ2v) is 8.03. The fourth-order valence-electron chi connectivity index (χ4n) is 3.13. The first-order chi connectivity index (χ1) is 10.2. The summed E-state index contributed by atoms with van der Waals surface area (Å²) in [5, 5.41) is 1.18. The van der Waals surface area contributed by atoms with E-state index in [-0.39, 0.29) is 0 Å². The van der Waals surface area contributed by atoms with Gasteiger partial charge in [-0.25, -0.2) is 0 Å². The maximum Gasteiger partial charge on any atom is 0.00313 e. The molecule has 2 atom stereocenters. The smallest absolute Gasteiger partial charge is 0.00313 e. The Hall–Kier alpha value is 0.480. The van der Waals surface area contributed by atoms with E-state index in [0.29, 0.717) is 0 Å². The number of alkyl halides is 1. The molecular weight excluding hydrogens is 320 g/mol. The summed E-state index contributed by atoms with van der Waals surface area (Å²) in [6.07, 6.45) is 20.1. The summed E-state index contributed by atoms with van der Waals surface area (Å²) < 4.78 is 0. The van der Waals surface area contributed by atoms with Crippen molar-refractivity contribution >= 4 is 15.9 Å². The Balaban J connectivity index is 3.25. The van der Waals surface area contributed by atoms with Crippen LogP contribution in [0.2, 0.25) is 0 Å². The topological polar surface area (TPSA) is 0 Å². The molecular formula is C20H41Br. The Morgan fingerprint density at radius 3 is 1.52 bits per heavy atom. The van der Waals surface area contributed by atoms with Crippen molar-refractivity contribution in [3.63, 3.8) is 0 Å². The van der Waals surface area contributed by atoms with Crippen LogP contribution in [0.15, 0.2) is 0 Å². The third kappa shape index (κ3) is 16.7. The van der Waals surface area contributed by atoms with Crippen LogP contribution in [0.4, 0.5) is 0 Å². The molecule has 0 aromatic carbocycles. The van der Waals surface area contributed by atoms with Crippen molar-refractivity contribution in [2.24, 2.45) is 11.8 Å². The van der Waals surface area contributed by atoms with Gasteiger partial charge in [-0.05, 0) is 18.3 Å². The Morgan fingerprint density at radius 1 is 0.571 bits per heavy atom. The monoisotopic (exact) mass is 360 g/mol. The zero-order chi connectivity index (χ0) is 15.8. The first-order valence-electron chi connectivity index (χ1n) is 9.76. The maximum absolute atomic E-state index is 3.50. The predicted octanol–water partition coefficient (Wildman–Crippen LogP) is 8.13. The molecule has 0 saturated heterocycles. The molecule has 2 unspecified atom stereocenters. The normalized spacial score (nSPS) is 14.3. The minimum Gasteiger partial charge on any atom is -0.0928 e. The van der Waals surface area contributed by atoms with Crippen molar-refractivity contribution in [1.82, 2.24) is 0 Å². The van der Waals surface area contributed by atoms with Crippen LogP contribution in [0.1, 0.15) is 111 Å². The molecule has 0 radical (unpaired) electrons. The number of rotatable bonds is 16. The molecule has 0 aromatic rings. The number of hydrogen-bond acceptors (Lipinski definition) is 0. The standard InChI is InChI=1S/C20H41Br/c1-4-5-14-19(2)16-13-17-20(3)15-11-9-7-6-8-10-12-18-21/h19-20H,4-18H2,1-3H3. The van der Waals surface area contributed by atoms with Gasteiger partial charge < -0.3 is 0 Å². The van der Waals surface area contributed by atoms with Crippen molar-refractivity contribution in [1.29, 1.82) is 0 Å². The molecule has 0 aliphatic heterocycles. The van der Waals surface area contributed by atoms with Crippen molar-refractivity contribution < 1.29 is 0 Å². The highest BCUT2D eigenvalue weighted by molar-refractivity contribution is 9.09. The molecule has 0 N–H and O–H groups in total. The molecule has 0 heterocycles. The van der Waals surface area contributed by atoms with E-state index in [1.807, 2.05) is 0 Å². The molecule has 0 amide bonds. The highest BCUT2D eigenvalue weighted by Crippen LogP contribution is 2.21. The van der Waals surface area contributed by atoms with E-state index in [4.69, 9.17) is 0 Å². The van der Waals surface area contributed by atoms with Crippen LogP contribution < -0.4 is 0 Å². The Kier molecular flexibility index (Phi) is 17.2. The molecule has 128 valence electrons. The fourth-order valence-corrected chi connectivity index (χ4v) is 3.52. The molecule has 0 saturated carbocycles. The second-order valence-electron chi connectivity index (χ2n) is 7.24.